The summed E-state index contributed by atoms with van der Waals surface area (Å²) in [5, 5.41) is 2.12. The van der Waals surface area contributed by atoms with Gasteiger partial charge in [-0.05, 0) is 31.5 Å². The normalized spacial score (nSPS) is 13.5. The van der Waals surface area contributed by atoms with Crippen molar-refractivity contribution in [2.24, 2.45) is 0 Å². The summed E-state index contributed by atoms with van der Waals surface area (Å²) in [5.74, 6) is -0.512. The van der Waals surface area contributed by atoms with E-state index < -0.39 is 17.3 Å². The summed E-state index contributed by atoms with van der Waals surface area (Å²) in [6.45, 7) is 3.37. The second kappa shape index (κ2) is 6.78. The fourth-order valence-electron chi connectivity index (χ4n) is 1.43. The number of rotatable bonds is 3. The Hall–Kier alpha value is -1.26. The van der Waals surface area contributed by atoms with Crippen LogP contribution in [0.25, 0.3) is 0 Å². The van der Waals surface area contributed by atoms with Crippen LogP contribution in [-0.2, 0) is 4.79 Å². The van der Waals surface area contributed by atoms with Crippen LogP contribution in [0.4, 0.5) is 4.79 Å². The second-order valence-corrected chi connectivity index (χ2v) is 5.34. The number of amides is 3. The van der Waals surface area contributed by atoms with Crippen LogP contribution < -0.4 is 5.32 Å². The zero-order valence-electron chi connectivity index (χ0n) is 11.0. The maximum Gasteiger partial charge on any atom is 0.324 e. The number of halogens is 2. The van der Waals surface area contributed by atoms with Gasteiger partial charge in [0.2, 0.25) is 5.91 Å². The minimum atomic E-state index is -0.747. The van der Waals surface area contributed by atoms with Gasteiger partial charge in [0.05, 0.1) is 6.04 Å². The molecule has 6 heteroatoms. The van der Waals surface area contributed by atoms with Gasteiger partial charge in [0.15, 0.2) is 0 Å². The van der Waals surface area contributed by atoms with Crippen molar-refractivity contribution in [3.05, 3.63) is 34.9 Å². The van der Waals surface area contributed by atoms with Gasteiger partial charge in [-0.25, -0.2) is 4.79 Å². The quantitative estimate of drug-likeness (QED) is 0.872. The number of carbonyl (C=O) groups excluding carboxylic acids is 2. The van der Waals surface area contributed by atoms with Crippen LogP contribution in [0.5, 0.6) is 0 Å². The molecule has 3 amide bonds. The number of nitrogens with zero attached hydrogens (tertiary/aromatic N) is 1. The van der Waals surface area contributed by atoms with Crippen LogP contribution in [-0.4, -0.2) is 29.3 Å². The first-order valence-corrected chi connectivity index (χ1v) is 6.61. The Morgan fingerprint density at radius 2 is 1.74 bits per heavy atom. The molecule has 2 atom stereocenters. The number of urea groups is 1. The predicted octanol–water partition coefficient (Wildman–Crippen LogP) is 3.20. The third-order valence-corrected chi connectivity index (χ3v) is 3.30. The zero-order valence-corrected chi connectivity index (χ0v) is 12.5. The molecule has 2 unspecified atom stereocenters. The lowest BCUT2D eigenvalue weighted by Crippen LogP contribution is -2.44. The highest BCUT2D eigenvalue weighted by molar-refractivity contribution is 6.31. The van der Waals surface area contributed by atoms with E-state index in [1.54, 1.807) is 19.2 Å². The monoisotopic (exact) mass is 302 g/mol. The highest BCUT2D eigenvalue weighted by atomic mass is 35.5. The number of hydrogen-bond donors (Lipinski definition) is 1. The van der Waals surface area contributed by atoms with Crippen LogP contribution in [0, 0.1) is 0 Å². The van der Waals surface area contributed by atoms with Gasteiger partial charge >= 0.3 is 6.03 Å². The van der Waals surface area contributed by atoms with Crippen LogP contribution in [0.3, 0.4) is 0 Å². The summed E-state index contributed by atoms with van der Waals surface area (Å²) in [5.41, 5.74) is 0.924. The molecule has 0 spiro atoms. The minimum Gasteiger partial charge on any atom is -0.321 e. The highest BCUT2D eigenvalue weighted by Gasteiger charge is 2.20. The number of benzene rings is 1. The van der Waals surface area contributed by atoms with Crippen LogP contribution in [0.1, 0.15) is 25.5 Å². The Balaban J connectivity index is 2.71. The SMILES string of the molecule is CC(Cl)C(=O)NC(=O)N(C)C(C)c1ccc(Cl)cc1. The van der Waals surface area contributed by atoms with Gasteiger partial charge in [0.25, 0.3) is 0 Å². The molecule has 0 heterocycles. The molecule has 0 aromatic heterocycles. The predicted molar refractivity (Wildman–Crippen MR) is 76.5 cm³/mol. The molecule has 0 saturated carbocycles. The van der Waals surface area contributed by atoms with E-state index in [4.69, 9.17) is 23.2 Å². The molecule has 0 bridgehead atoms. The number of nitrogens with one attached hydrogen (secondary N) is 1. The molecule has 0 radical (unpaired) electrons. The van der Waals surface area contributed by atoms with Gasteiger partial charge in [0.1, 0.15) is 5.38 Å². The molecule has 1 aromatic carbocycles. The molecule has 0 fully saturated rings. The van der Waals surface area contributed by atoms with Crippen molar-refractivity contribution in [3.63, 3.8) is 0 Å². The van der Waals surface area contributed by atoms with E-state index in [0.717, 1.165) is 5.56 Å². The molecule has 1 aromatic rings. The first kappa shape index (κ1) is 15.8. The lowest BCUT2D eigenvalue weighted by molar-refractivity contribution is -0.119. The molecular formula is C13H16Cl2N2O2. The average Bonchev–Trinajstić information content (AvgIpc) is 2.37. The summed E-state index contributed by atoms with van der Waals surface area (Å²) in [7, 11) is 1.61. The maximum absolute atomic E-state index is 11.8. The summed E-state index contributed by atoms with van der Waals surface area (Å²) >= 11 is 11.4. The first-order valence-electron chi connectivity index (χ1n) is 5.80. The molecule has 19 heavy (non-hydrogen) atoms. The van der Waals surface area contributed by atoms with Crippen molar-refractivity contribution in [1.82, 2.24) is 10.2 Å². The lowest BCUT2D eigenvalue weighted by Gasteiger charge is -2.25. The van der Waals surface area contributed by atoms with Gasteiger partial charge in [-0.2, -0.15) is 0 Å². The Morgan fingerprint density at radius 1 is 1.21 bits per heavy atom. The Kier molecular flexibility index (Phi) is 5.63. The van der Waals surface area contributed by atoms with Crippen molar-refractivity contribution in [3.8, 4) is 0 Å². The van der Waals surface area contributed by atoms with E-state index in [-0.39, 0.29) is 6.04 Å². The van der Waals surface area contributed by atoms with Crippen molar-refractivity contribution in [2.45, 2.75) is 25.3 Å². The summed E-state index contributed by atoms with van der Waals surface area (Å²) < 4.78 is 0. The van der Waals surface area contributed by atoms with Crippen molar-refractivity contribution in [1.29, 1.82) is 0 Å². The molecule has 1 N–H and O–H groups in total. The van der Waals surface area contributed by atoms with E-state index in [2.05, 4.69) is 5.32 Å². The van der Waals surface area contributed by atoms with E-state index >= 15 is 0 Å². The molecule has 0 aliphatic heterocycles. The van der Waals surface area contributed by atoms with Gasteiger partial charge in [-0.1, -0.05) is 23.7 Å². The molecule has 104 valence electrons. The molecule has 0 saturated heterocycles. The Morgan fingerprint density at radius 3 is 2.21 bits per heavy atom. The van der Waals surface area contributed by atoms with E-state index in [9.17, 15) is 9.59 Å². The smallest absolute Gasteiger partial charge is 0.321 e. The van der Waals surface area contributed by atoms with E-state index in [1.807, 2.05) is 19.1 Å². The highest BCUT2D eigenvalue weighted by Crippen LogP contribution is 2.20. The minimum absolute atomic E-state index is 0.185. The molecule has 1 rings (SSSR count). The van der Waals surface area contributed by atoms with Gasteiger partial charge in [-0.15, -0.1) is 11.6 Å². The molecular weight excluding hydrogens is 287 g/mol. The largest absolute Gasteiger partial charge is 0.324 e. The van der Waals surface area contributed by atoms with Crippen molar-refractivity contribution >= 4 is 35.1 Å². The summed E-state index contributed by atoms with van der Waals surface area (Å²) in [4.78, 5) is 24.6. The first-order chi connectivity index (χ1) is 8.82. The number of carbonyl (C=O) groups is 2. The van der Waals surface area contributed by atoms with E-state index in [0.29, 0.717) is 5.02 Å². The van der Waals surface area contributed by atoms with Crippen molar-refractivity contribution < 1.29 is 9.59 Å². The fourth-order valence-corrected chi connectivity index (χ4v) is 1.61. The molecule has 0 aliphatic carbocycles. The molecule has 0 aliphatic rings. The van der Waals surface area contributed by atoms with Crippen LogP contribution >= 0.6 is 23.2 Å². The van der Waals surface area contributed by atoms with E-state index in [1.165, 1.54) is 11.8 Å². The Labute approximate surface area is 122 Å². The van der Waals surface area contributed by atoms with Crippen LogP contribution in [0.2, 0.25) is 5.02 Å². The van der Waals surface area contributed by atoms with Gasteiger partial charge in [0, 0.05) is 12.1 Å². The Bertz CT molecular complexity index is 460. The van der Waals surface area contributed by atoms with Crippen LogP contribution in [0.15, 0.2) is 24.3 Å². The standard InChI is InChI=1S/C13H16Cl2N2O2/c1-8(14)12(18)16-13(19)17(3)9(2)10-4-6-11(15)7-5-10/h4-9H,1-3H3,(H,16,18,19). The van der Waals surface area contributed by atoms with Crippen molar-refractivity contribution in [2.75, 3.05) is 7.05 Å². The molecule has 4 nitrogen and oxygen atoms in total. The maximum atomic E-state index is 11.8. The number of hydrogen-bond acceptors (Lipinski definition) is 2. The number of imide groups is 1. The zero-order chi connectivity index (χ0) is 14.6. The topological polar surface area (TPSA) is 49.4 Å². The fraction of sp³-hybridized carbons (Fsp3) is 0.385. The average molecular weight is 303 g/mol. The lowest BCUT2D eigenvalue weighted by atomic mass is 10.1. The van der Waals surface area contributed by atoms with Gasteiger partial charge in [-0.3, -0.25) is 10.1 Å². The third kappa shape index (κ3) is 4.40. The summed E-state index contributed by atoms with van der Waals surface area (Å²) in [6.07, 6.45) is 0. The summed E-state index contributed by atoms with van der Waals surface area (Å²) in [6, 6.07) is 6.51. The second-order valence-electron chi connectivity index (χ2n) is 4.25. The van der Waals surface area contributed by atoms with Gasteiger partial charge < -0.3 is 4.90 Å². The third-order valence-electron chi connectivity index (χ3n) is 2.85. The number of alkyl halides is 1.